The molecule has 2 aromatic heterocycles. The molecule has 0 aliphatic heterocycles. The molecule has 0 unspecified atom stereocenters. The monoisotopic (exact) mass is 271 g/mol. The van der Waals surface area contributed by atoms with Gasteiger partial charge in [0, 0.05) is 7.05 Å². The van der Waals surface area contributed by atoms with Gasteiger partial charge in [-0.15, -0.1) is 5.10 Å². The van der Waals surface area contributed by atoms with Gasteiger partial charge in [-0.1, -0.05) is 17.3 Å². The Morgan fingerprint density at radius 3 is 2.90 bits per heavy atom. The van der Waals surface area contributed by atoms with Gasteiger partial charge in [-0.2, -0.15) is 9.67 Å². The summed E-state index contributed by atoms with van der Waals surface area (Å²) in [5, 5.41) is 21.7. The van der Waals surface area contributed by atoms with Gasteiger partial charge in [0.1, 0.15) is 11.7 Å². The van der Waals surface area contributed by atoms with Crippen LogP contribution in [0.3, 0.4) is 0 Å². The van der Waals surface area contributed by atoms with E-state index in [1.54, 1.807) is 25.2 Å². The lowest BCUT2D eigenvalue weighted by Gasteiger charge is -2.04. The van der Waals surface area contributed by atoms with Crippen molar-refractivity contribution in [2.24, 2.45) is 0 Å². The Kier molecular flexibility index (Phi) is 2.71. The molecule has 2 heterocycles. The maximum Gasteiger partial charge on any atom is 0.332 e. The molecule has 0 amide bonds. The zero-order valence-electron chi connectivity index (χ0n) is 10.4. The number of fused-ring (bicyclic) bond motifs is 1. The average Bonchev–Trinajstić information content (AvgIpc) is 2.90. The molecule has 20 heavy (non-hydrogen) atoms. The minimum absolute atomic E-state index is 0.0723. The molecule has 0 fully saturated rings. The van der Waals surface area contributed by atoms with Crippen LogP contribution in [-0.4, -0.2) is 36.9 Å². The predicted molar refractivity (Wildman–Crippen MR) is 70.7 cm³/mol. The quantitative estimate of drug-likeness (QED) is 0.561. The number of aromatic nitrogens is 5. The van der Waals surface area contributed by atoms with Gasteiger partial charge >= 0.3 is 5.69 Å². The summed E-state index contributed by atoms with van der Waals surface area (Å²) in [6.45, 7) is 0. The van der Waals surface area contributed by atoms with Crippen molar-refractivity contribution in [3.63, 3.8) is 0 Å². The normalized spacial score (nSPS) is 10.7. The van der Waals surface area contributed by atoms with E-state index in [9.17, 15) is 10.1 Å². The Labute approximate surface area is 112 Å². The van der Waals surface area contributed by atoms with Crippen LogP contribution >= 0.6 is 0 Å². The highest BCUT2D eigenvalue weighted by Gasteiger charge is 2.21. The number of benzene rings is 1. The number of hydrogen-bond acceptors (Lipinski definition) is 7. The Morgan fingerprint density at radius 1 is 1.35 bits per heavy atom. The second-order valence-corrected chi connectivity index (χ2v) is 3.90. The second kappa shape index (κ2) is 4.53. The zero-order chi connectivity index (χ0) is 14.1. The van der Waals surface area contributed by atoms with Gasteiger partial charge < -0.3 is 5.32 Å². The first-order valence-electron chi connectivity index (χ1n) is 5.70. The van der Waals surface area contributed by atoms with Crippen LogP contribution in [0.4, 0.5) is 11.6 Å². The summed E-state index contributed by atoms with van der Waals surface area (Å²) in [4.78, 5) is 18.5. The van der Waals surface area contributed by atoms with Crippen molar-refractivity contribution >= 4 is 22.7 Å². The molecular formula is C11H9N7O2. The molecule has 0 saturated heterocycles. The maximum absolute atomic E-state index is 11.1. The number of rotatable bonds is 3. The van der Waals surface area contributed by atoms with Gasteiger partial charge in [0.25, 0.3) is 0 Å². The minimum atomic E-state index is -0.550. The standard InChI is InChI=1S/C11H9N7O2/c1-12-11-13-6-9(18(19)20)10(14-11)17-8-5-3-2-4-7(8)15-16-17/h2-6H,1H3,(H,12,13,14). The fourth-order valence-electron chi connectivity index (χ4n) is 1.80. The van der Waals surface area contributed by atoms with Crippen molar-refractivity contribution in [3.05, 3.63) is 40.6 Å². The highest BCUT2D eigenvalue weighted by atomic mass is 16.6. The fraction of sp³-hybridized carbons (Fsp3) is 0.0909. The topological polar surface area (TPSA) is 112 Å². The van der Waals surface area contributed by atoms with Gasteiger partial charge in [-0.25, -0.2) is 4.98 Å². The number of para-hydroxylation sites is 1. The summed E-state index contributed by atoms with van der Waals surface area (Å²) in [5.74, 6) is 0.341. The van der Waals surface area contributed by atoms with Crippen LogP contribution in [0.1, 0.15) is 0 Å². The number of nitrogens with one attached hydrogen (secondary N) is 1. The Morgan fingerprint density at radius 2 is 2.15 bits per heavy atom. The molecule has 0 spiro atoms. The third-order valence-electron chi connectivity index (χ3n) is 2.72. The van der Waals surface area contributed by atoms with E-state index in [0.717, 1.165) is 6.20 Å². The van der Waals surface area contributed by atoms with E-state index in [4.69, 9.17) is 0 Å². The highest BCUT2D eigenvalue weighted by molar-refractivity contribution is 5.76. The molecule has 0 atom stereocenters. The maximum atomic E-state index is 11.1. The summed E-state index contributed by atoms with van der Waals surface area (Å²) < 4.78 is 1.33. The van der Waals surface area contributed by atoms with Crippen molar-refractivity contribution in [2.75, 3.05) is 12.4 Å². The highest BCUT2D eigenvalue weighted by Crippen LogP contribution is 2.23. The van der Waals surface area contributed by atoms with E-state index >= 15 is 0 Å². The summed E-state index contributed by atoms with van der Waals surface area (Å²) in [6.07, 6.45) is 1.14. The second-order valence-electron chi connectivity index (χ2n) is 3.90. The molecule has 3 rings (SSSR count). The number of anilines is 1. The van der Waals surface area contributed by atoms with Crippen LogP contribution in [0.2, 0.25) is 0 Å². The Bertz CT molecular complexity index is 798. The molecule has 9 heteroatoms. The van der Waals surface area contributed by atoms with Crippen LogP contribution in [0.25, 0.3) is 16.9 Å². The third-order valence-corrected chi connectivity index (χ3v) is 2.72. The van der Waals surface area contributed by atoms with Crippen LogP contribution < -0.4 is 5.32 Å². The smallest absolute Gasteiger partial charge is 0.332 e. The lowest BCUT2D eigenvalue weighted by atomic mass is 10.3. The molecule has 0 aliphatic carbocycles. The molecule has 0 radical (unpaired) electrons. The molecule has 9 nitrogen and oxygen atoms in total. The number of hydrogen-bond donors (Lipinski definition) is 1. The Balaban J connectivity index is 2.29. The van der Waals surface area contributed by atoms with Gasteiger partial charge in [0.2, 0.25) is 11.8 Å². The largest absolute Gasteiger partial charge is 0.357 e. The first-order valence-corrected chi connectivity index (χ1v) is 5.70. The third kappa shape index (κ3) is 1.81. The predicted octanol–water partition coefficient (Wildman–Crippen LogP) is 1.16. The first kappa shape index (κ1) is 12.0. The van der Waals surface area contributed by atoms with Crippen LogP contribution in [-0.2, 0) is 0 Å². The summed E-state index contributed by atoms with van der Waals surface area (Å²) in [6, 6.07) is 7.15. The molecule has 1 N–H and O–H groups in total. The van der Waals surface area contributed by atoms with E-state index in [-0.39, 0.29) is 17.5 Å². The van der Waals surface area contributed by atoms with Gasteiger partial charge in [-0.05, 0) is 12.1 Å². The van der Waals surface area contributed by atoms with E-state index in [1.807, 2.05) is 6.07 Å². The van der Waals surface area contributed by atoms with Gasteiger partial charge in [0.05, 0.1) is 10.4 Å². The van der Waals surface area contributed by atoms with Crippen LogP contribution in [0.5, 0.6) is 0 Å². The van der Waals surface area contributed by atoms with E-state index < -0.39 is 4.92 Å². The van der Waals surface area contributed by atoms with Crippen molar-refractivity contribution in [1.29, 1.82) is 0 Å². The summed E-state index contributed by atoms with van der Waals surface area (Å²) >= 11 is 0. The van der Waals surface area contributed by atoms with Crippen molar-refractivity contribution < 1.29 is 4.92 Å². The number of nitrogens with zero attached hydrogens (tertiary/aromatic N) is 6. The van der Waals surface area contributed by atoms with Crippen LogP contribution in [0, 0.1) is 10.1 Å². The summed E-state index contributed by atoms with van der Waals surface area (Å²) in [7, 11) is 1.63. The lowest BCUT2D eigenvalue weighted by Crippen LogP contribution is -2.08. The Hall–Kier alpha value is -3.10. The molecule has 1 aromatic carbocycles. The minimum Gasteiger partial charge on any atom is -0.357 e. The zero-order valence-corrected chi connectivity index (χ0v) is 10.4. The lowest BCUT2D eigenvalue weighted by molar-refractivity contribution is -0.385. The summed E-state index contributed by atoms with van der Waals surface area (Å²) in [5.41, 5.74) is 1.03. The number of nitro groups is 1. The van der Waals surface area contributed by atoms with Crippen LogP contribution in [0.15, 0.2) is 30.5 Å². The fourth-order valence-corrected chi connectivity index (χ4v) is 1.80. The first-order chi connectivity index (χ1) is 9.70. The van der Waals surface area contributed by atoms with Crippen molar-refractivity contribution in [2.45, 2.75) is 0 Å². The molecule has 3 aromatic rings. The average molecular weight is 271 g/mol. The van der Waals surface area contributed by atoms with E-state index in [1.165, 1.54) is 4.68 Å². The van der Waals surface area contributed by atoms with Crippen molar-refractivity contribution in [1.82, 2.24) is 25.0 Å². The van der Waals surface area contributed by atoms with Gasteiger partial charge in [0.15, 0.2) is 0 Å². The SMILES string of the molecule is CNc1ncc([N+](=O)[O-])c(-n2nnc3ccccc32)n1. The molecule has 0 aliphatic rings. The van der Waals surface area contributed by atoms with Gasteiger partial charge in [-0.3, -0.25) is 10.1 Å². The molecule has 0 bridgehead atoms. The van der Waals surface area contributed by atoms with Crippen molar-refractivity contribution in [3.8, 4) is 5.82 Å². The molecule has 100 valence electrons. The van der Waals surface area contributed by atoms with E-state index in [2.05, 4.69) is 25.6 Å². The molecular weight excluding hydrogens is 262 g/mol. The van der Waals surface area contributed by atoms with E-state index in [0.29, 0.717) is 11.0 Å². The molecule has 0 saturated carbocycles.